The maximum atomic E-state index is 11.7. The van der Waals surface area contributed by atoms with Crippen LogP contribution in [0.5, 0.6) is 0 Å². The van der Waals surface area contributed by atoms with Gasteiger partial charge in [0, 0.05) is 50.5 Å². The molecular weight excluding hydrogens is 238 g/mol. The Morgan fingerprint density at radius 1 is 1.21 bits per heavy atom. The van der Waals surface area contributed by atoms with E-state index in [0.717, 1.165) is 37.4 Å². The van der Waals surface area contributed by atoms with Crippen molar-refractivity contribution in [3.63, 3.8) is 0 Å². The number of carbonyl (C=O) groups is 1. The standard InChI is InChI=1S/C15H23N3O/c1-12(2)17-7-9-18(10-8-17)14-6-4-5-13(11-14)15(19)16-3/h4-6,11-12H,7-10H2,1-3H3,(H,16,19). The number of nitrogens with zero attached hydrogens (tertiary/aromatic N) is 2. The van der Waals surface area contributed by atoms with Crippen LogP contribution in [0.1, 0.15) is 24.2 Å². The molecule has 0 saturated carbocycles. The quantitative estimate of drug-likeness (QED) is 0.897. The van der Waals surface area contributed by atoms with E-state index in [2.05, 4.69) is 35.0 Å². The van der Waals surface area contributed by atoms with Crippen molar-refractivity contribution < 1.29 is 4.79 Å². The number of benzene rings is 1. The summed E-state index contributed by atoms with van der Waals surface area (Å²) in [6.45, 7) is 8.69. The first-order chi connectivity index (χ1) is 9.11. The highest BCUT2D eigenvalue weighted by Gasteiger charge is 2.19. The maximum absolute atomic E-state index is 11.7. The Morgan fingerprint density at radius 3 is 2.47 bits per heavy atom. The number of rotatable bonds is 3. The zero-order valence-electron chi connectivity index (χ0n) is 12.0. The van der Waals surface area contributed by atoms with Crippen LogP contribution in [0, 0.1) is 0 Å². The average Bonchev–Trinajstić information content (AvgIpc) is 2.46. The SMILES string of the molecule is CNC(=O)c1cccc(N2CCN(C(C)C)CC2)c1. The molecule has 4 nitrogen and oxygen atoms in total. The smallest absolute Gasteiger partial charge is 0.251 e. The van der Waals surface area contributed by atoms with Gasteiger partial charge in [-0.05, 0) is 32.0 Å². The molecule has 1 saturated heterocycles. The lowest BCUT2D eigenvalue weighted by Gasteiger charge is -2.38. The van der Waals surface area contributed by atoms with Gasteiger partial charge in [-0.25, -0.2) is 0 Å². The highest BCUT2D eigenvalue weighted by molar-refractivity contribution is 5.94. The van der Waals surface area contributed by atoms with Crippen molar-refractivity contribution in [3.8, 4) is 0 Å². The van der Waals surface area contributed by atoms with Crippen LogP contribution in [0.15, 0.2) is 24.3 Å². The first kappa shape index (κ1) is 13.9. The summed E-state index contributed by atoms with van der Waals surface area (Å²) in [5.74, 6) is -0.0253. The highest BCUT2D eigenvalue weighted by Crippen LogP contribution is 2.18. The second kappa shape index (κ2) is 6.06. The van der Waals surface area contributed by atoms with Crippen molar-refractivity contribution >= 4 is 11.6 Å². The van der Waals surface area contributed by atoms with Crippen molar-refractivity contribution in [2.24, 2.45) is 0 Å². The molecule has 0 radical (unpaired) electrons. The maximum Gasteiger partial charge on any atom is 0.251 e. The van der Waals surface area contributed by atoms with Crippen molar-refractivity contribution in [2.45, 2.75) is 19.9 Å². The average molecular weight is 261 g/mol. The molecule has 0 aromatic heterocycles. The summed E-state index contributed by atoms with van der Waals surface area (Å²) >= 11 is 0. The predicted molar refractivity (Wildman–Crippen MR) is 78.8 cm³/mol. The van der Waals surface area contributed by atoms with Crippen molar-refractivity contribution in [1.29, 1.82) is 0 Å². The van der Waals surface area contributed by atoms with E-state index < -0.39 is 0 Å². The van der Waals surface area contributed by atoms with E-state index in [1.807, 2.05) is 18.2 Å². The van der Waals surface area contributed by atoms with Gasteiger partial charge in [0.15, 0.2) is 0 Å². The van der Waals surface area contributed by atoms with Gasteiger partial charge < -0.3 is 10.2 Å². The van der Waals surface area contributed by atoms with Crippen LogP contribution in [0.25, 0.3) is 0 Å². The van der Waals surface area contributed by atoms with E-state index in [1.165, 1.54) is 0 Å². The largest absolute Gasteiger partial charge is 0.369 e. The summed E-state index contributed by atoms with van der Waals surface area (Å²) in [4.78, 5) is 16.5. The molecule has 4 heteroatoms. The van der Waals surface area contributed by atoms with E-state index in [0.29, 0.717) is 6.04 Å². The van der Waals surface area contributed by atoms with Crippen LogP contribution in [0.4, 0.5) is 5.69 Å². The minimum atomic E-state index is -0.0253. The molecule has 1 heterocycles. The summed E-state index contributed by atoms with van der Waals surface area (Å²) in [7, 11) is 1.66. The summed E-state index contributed by atoms with van der Waals surface area (Å²) < 4.78 is 0. The number of nitrogens with one attached hydrogen (secondary N) is 1. The third-order valence-electron chi connectivity index (χ3n) is 3.75. The van der Waals surface area contributed by atoms with Gasteiger partial charge in [0.25, 0.3) is 5.91 Å². The topological polar surface area (TPSA) is 35.6 Å². The van der Waals surface area contributed by atoms with E-state index in [1.54, 1.807) is 7.05 Å². The second-order valence-electron chi connectivity index (χ2n) is 5.25. The lowest BCUT2D eigenvalue weighted by Crippen LogP contribution is -2.48. The molecule has 1 fully saturated rings. The molecule has 1 aliphatic rings. The summed E-state index contributed by atoms with van der Waals surface area (Å²) in [6, 6.07) is 8.47. The van der Waals surface area contributed by atoms with Crippen LogP contribution in [0.3, 0.4) is 0 Å². The van der Waals surface area contributed by atoms with Crippen molar-refractivity contribution in [1.82, 2.24) is 10.2 Å². The van der Waals surface area contributed by atoms with Crippen LogP contribution in [-0.4, -0.2) is 50.1 Å². The third-order valence-corrected chi connectivity index (χ3v) is 3.75. The second-order valence-corrected chi connectivity index (χ2v) is 5.25. The molecule has 104 valence electrons. The van der Waals surface area contributed by atoms with Gasteiger partial charge >= 0.3 is 0 Å². The molecule has 1 aromatic carbocycles. The minimum absolute atomic E-state index is 0.0253. The molecular formula is C15H23N3O. The molecule has 0 bridgehead atoms. The fraction of sp³-hybridized carbons (Fsp3) is 0.533. The lowest BCUT2D eigenvalue weighted by molar-refractivity contribution is 0.0963. The number of hydrogen-bond acceptors (Lipinski definition) is 3. The van der Waals surface area contributed by atoms with Crippen LogP contribution in [0.2, 0.25) is 0 Å². The summed E-state index contributed by atoms with van der Waals surface area (Å²) in [5, 5.41) is 2.67. The molecule has 1 N–H and O–H groups in total. The normalized spacial score (nSPS) is 16.7. The lowest BCUT2D eigenvalue weighted by atomic mass is 10.1. The molecule has 1 aromatic rings. The number of piperazine rings is 1. The first-order valence-electron chi connectivity index (χ1n) is 6.93. The van der Waals surface area contributed by atoms with Gasteiger partial charge in [-0.1, -0.05) is 6.07 Å². The zero-order chi connectivity index (χ0) is 13.8. The molecule has 2 rings (SSSR count). The number of carbonyl (C=O) groups excluding carboxylic acids is 1. The van der Waals surface area contributed by atoms with E-state index >= 15 is 0 Å². The third kappa shape index (κ3) is 3.26. The van der Waals surface area contributed by atoms with Crippen LogP contribution in [-0.2, 0) is 0 Å². The number of anilines is 1. The molecule has 1 amide bonds. The zero-order valence-corrected chi connectivity index (χ0v) is 12.0. The van der Waals surface area contributed by atoms with Crippen LogP contribution < -0.4 is 10.2 Å². The van der Waals surface area contributed by atoms with Gasteiger partial charge in [0.05, 0.1) is 0 Å². The monoisotopic (exact) mass is 261 g/mol. The van der Waals surface area contributed by atoms with Gasteiger partial charge in [-0.2, -0.15) is 0 Å². The highest BCUT2D eigenvalue weighted by atomic mass is 16.1. The van der Waals surface area contributed by atoms with Crippen molar-refractivity contribution in [2.75, 3.05) is 38.1 Å². The Balaban J connectivity index is 2.05. The molecule has 1 aliphatic heterocycles. The fourth-order valence-electron chi connectivity index (χ4n) is 2.48. The Morgan fingerprint density at radius 2 is 1.89 bits per heavy atom. The van der Waals surface area contributed by atoms with Gasteiger partial charge in [-0.15, -0.1) is 0 Å². The minimum Gasteiger partial charge on any atom is -0.369 e. The van der Waals surface area contributed by atoms with E-state index in [9.17, 15) is 4.79 Å². The Bertz CT molecular complexity index is 437. The molecule has 19 heavy (non-hydrogen) atoms. The van der Waals surface area contributed by atoms with E-state index in [4.69, 9.17) is 0 Å². The Kier molecular flexibility index (Phi) is 4.43. The van der Waals surface area contributed by atoms with Gasteiger partial charge in [0.2, 0.25) is 0 Å². The van der Waals surface area contributed by atoms with E-state index in [-0.39, 0.29) is 5.91 Å². The predicted octanol–water partition coefficient (Wildman–Crippen LogP) is 1.58. The van der Waals surface area contributed by atoms with Crippen LogP contribution >= 0.6 is 0 Å². The number of amides is 1. The van der Waals surface area contributed by atoms with Gasteiger partial charge in [0.1, 0.15) is 0 Å². The van der Waals surface area contributed by atoms with Gasteiger partial charge in [-0.3, -0.25) is 9.69 Å². The first-order valence-corrected chi connectivity index (χ1v) is 6.93. The summed E-state index contributed by atoms with van der Waals surface area (Å²) in [6.07, 6.45) is 0. The molecule has 0 atom stereocenters. The molecule has 0 unspecified atom stereocenters. The summed E-state index contributed by atoms with van der Waals surface area (Å²) in [5.41, 5.74) is 1.87. The fourth-order valence-corrected chi connectivity index (χ4v) is 2.48. The van der Waals surface area contributed by atoms with Crippen molar-refractivity contribution in [3.05, 3.63) is 29.8 Å². The Hall–Kier alpha value is -1.55. The number of hydrogen-bond donors (Lipinski definition) is 1. The Labute approximate surface area is 115 Å². The molecule has 0 aliphatic carbocycles. The molecule has 0 spiro atoms.